The third-order valence-corrected chi connectivity index (χ3v) is 2.98. The average molecular weight is 294 g/mol. The number of benzene rings is 2. The summed E-state index contributed by atoms with van der Waals surface area (Å²) in [5, 5.41) is 3.41. The molecule has 1 N–H and O–H groups in total. The first-order chi connectivity index (χ1) is 9.33. The fraction of sp³-hybridized carbons (Fsp3) is 0.250. The average Bonchev–Trinajstić information content (AvgIpc) is 2.48. The maximum atomic E-state index is 5.37. The van der Waals surface area contributed by atoms with E-state index < -0.39 is 0 Å². The molecule has 108 valence electrons. The molecule has 0 atom stereocenters. The van der Waals surface area contributed by atoms with Gasteiger partial charge in [-0.3, -0.25) is 0 Å². The summed E-state index contributed by atoms with van der Waals surface area (Å²) in [5.74, 6) is 1.66. The molecule has 0 aliphatic carbocycles. The van der Waals surface area contributed by atoms with Crippen molar-refractivity contribution in [2.24, 2.45) is 0 Å². The summed E-state index contributed by atoms with van der Waals surface area (Å²) in [6, 6.07) is 16.2. The Balaban J connectivity index is 0.00000200. The van der Waals surface area contributed by atoms with Crippen LogP contribution in [0.5, 0.6) is 11.5 Å². The molecule has 0 unspecified atom stereocenters. The minimum Gasteiger partial charge on any atom is -0.497 e. The van der Waals surface area contributed by atoms with Crippen molar-refractivity contribution in [3.63, 3.8) is 0 Å². The Morgan fingerprint density at radius 3 is 2.30 bits per heavy atom. The highest BCUT2D eigenvalue weighted by atomic mass is 35.5. The summed E-state index contributed by atoms with van der Waals surface area (Å²) in [5.41, 5.74) is 2.40. The lowest BCUT2D eigenvalue weighted by Gasteiger charge is -2.11. The van der Waals surface area contributed by atoms with Gasteiger partial charge in [-0.1, -0.05) is 36.4 Å². The van der Waals surface area contributed by atoms with E-state index >= 15 is 0 Å². The summed E-state index contributed by atoms with van der Waals surface area (Å²) in [6.07, 6.45) is 0. The highest BCUT2D eigenvalue weighted by Gasteiger charge is 2.04. The van der Waals surface area contributed by atoms with Crippen molar-refractivity contribution in [3.8, 4) is 11.5 Å². The van der Waals surface area contributed by atoms with Gasteiger partial charge < -0.3 is 14.8 Å². The standard InChI is InChI=1S/C16H19NO2.ClH/c1-18-15-9-8-14(16(10-15)19-2)12-17-11-13-6-4-3-5-7-13;/h3-10,17H,11-12H2,1-2H3;1H. The quantitative estimate of drug-likeness (QED) is 0.885. The Kier molecular flexibility index (Phi) is 6.91. The first kappa shape index (κ1) is 16.3. The van der Waals surface area contributed by atoms with Crippen LogP contribution in [0.4, 0.5) is 0 Å². The van der Waals surface area contributed by atoms with Gasteiger partial charge in [-0.15, -0.1) is 12.4 Å². The highest BCUT2D eigenvalue weighted by Crippen LogP contribution is 2.24. The largest absolute Gasteiger partial charge is 0.497 e. The van der Waals surface area contributed by atoms with Crippen LogP contribution in [0.3, 0.4) is 0 Å². The lowest BCUT2D eigenvalue weighted by molar-refractivity contribution is 0.390. The van der Waals surface area contributed by atoms with Crippen LogP contribution in [0.15, 0.2) is 48.5 Å². The van der Waals surface area contributed by atoms with E-state index in [4.69, 9.17) is 9.47 Å². The molecule has 0 amide bonds. The minimum atomic E-state index is 0. The van der Waals surface area contributed by atoms with Crippen LogP contribution in [0.1, 0.15) is 11.1 Å². The molecule has 3 nitrogen and oxygen atoms in total. The molecule has 2 rings (SSSR count). The number of nitrogens with one attached hydrogen (secondary N) is 1. The molecule has 0 aliphatic rings. The van der Waals surface area contributed by atoms with E-state index in [1.807, 2.05) is 36.4 Å². The van der Waals surface area contributed by atoms with Crippen molar-refractivity contribution in [1.82, 2.24) is 5.32 Å². The van der Waals surface area contributed by atoms with Crippen molar-refractivity contribution < 1.29 is 9.47 Å². The molecule has 20 heavy (non-hydrogen) atoms. The van der Waals surface area contributed by atoms with Gasteiger partial charge in [0.25, 0.3) is 0 Å². The molecular formula is C16H20ClNO2. The number of methoxy groups -OCH3 is 2. The zero-order chi connectivity index (χ0) is 13.5. The molecule has 2 aromatic rings. The molecule has 0 spiro atoms. The van der Waals surface area contributed by atoms with Gasteiger partial charge >= 0.3 is 0 Å². The van der Waals surface area contributed by atoms with Gasteiger partial charge in [0, 0.05) is 24.7 Å². The number of halogens is 1. The van der Waals surface area contributed by atoms with Crippen LogP contribution in [-0.4, -0.2) is 14.2 Å². The van der Waals surface area contributed by atoms with Gasteiger partial charge in [0.2, 0.25) is 0 Å². The summed E-state index contributed by atoms with van der Waals surface area (Å²) in [4.78, 5) is 0. The van der Waals surface area contributed by atoms with Crippen LogP contribution in [0, 0.1) is 0 Å². The maximum Gasteiger partial charge on any atom is 0.127 e. The zero-order valence-electron chi connectivity index (χ0n) is 11.8. The Morgan fingerprint density at radius 2 is 1.65 bits per heavy atom. The number of hydrogen-bond donors (Lipinski definition) is 1. The summed E-state index contributed by atoms with van der Waals surface area (Å²) in [6.45, 7) is 1.61. The van der Waals surface area contributed by atoms with Crippen molar-refractivity contribution in [2.45, 2.75) is 13.1 Å². The second-order valence-electron chi connectivity index (χ2n) is 4.27. The SMILES string of the molecule is COc1ccc(CNCc2ccccc2)c(OC)c1.Cl. The Labute approximate surface area is 126 Å². The third-order valence-electron chi connectivity index (χ3n) is 2.98. The summed E-state index contributed by atoms with van der Waals surface area (Å²) >= 11 is 0. The van der Waals surface area contributed by atoms with Crippen molar-refractivity contribution in [2.75, 3.05) is 14.2 Å². The predicted octanol–water partition coefficient (Wildman–Crippen LogP) is 3.42. The third kappa shape index (κ3) is 4.44. The van der Waals surface area contributed by atoms with E-state index in [1.54, 1.807) is 14.2 Å². The van der Waals surface area contributed by atoms with Crippen LogP contribution in [-0.2, 0) is 13.1 Å². The van der Waals surface area contributed by atoms with Crippen molar-refractivity contribution in [1.29, 1.82) is 0 Å². The molecular weight excluding hydrogens is 274 g/mol. The van der Waals surface area contributed by atoms with Crippen LogP contribution in [0.2, 0.25) is 0 Å². The smallest absolute Gasteiger partial charge is 0.127 e. The first-order valence-corrected chi connectivity index (χ1v) is 6.29. The zero-order valence-corrected chi connectivity index (χ0v) is 12.6. The van der Waals surface area contributed by atoms with Gasteiger partial charge in [-0.2, -0.15) is 0 Å². The lowest BCUT2D eigenvalue weighted by Crippen LogP contribution is -2.13. The first-order valence-electron chi connectivity index (χ1n) is 6.29. The van der Waals surface area contributed by atoms with E-state index in [1.165, 1.54) is 5.56 Å². The van der Waals surface area contributed by atoms with Crippen molar-refractivity contribution in [3.05, 3.63) is 59.7 Å². The second kappa shape index (κ2) is 8.46. The molecule has 0 aromatic heterocycles. The van der Waals surface area contributed by atoms with Gasteiger partial charge in [0.15, 0.2) is 0 Å². The van der Waals surface area contributed by atoms with E-state index in [2.05, 4.69) is 17.4 Å². The van der Waals surface area contributed by atoms with Crippen molar-refractivity contribution >= 4 is 12.4 Å². The second-order valence-corrected chi connectivity index (χ2v) is 4.27. The van der Waals surface area contributed by atoms with Crippen LogP contribution in [0.25, 0.3) is 0 Å². The van der Waals surface area contributed by atoms with E-state index in [0.717, 1.165) is 30.2 Å². The molecule has 2 aromatic carbocycles. The predicted molar refractivity (Wildman–Crippen MR) is 83.8 cm³/mol. The fourth-order valence-corrected chi connectivity index (χ4v) is 1.94. The number of rotatable bonds is 6. The monoisotopic (exact) mass is 293 g/mol. The molecule has 0 fully saturated rings. The van der Waals surface area contributed by atoms with Crippen LogP contribution < -0.4 is 14.8 Å². The van der Waals surface area contributed by atoms with E-state index in [-0.39, 0.29) is 12.4 Å². The Bertz CT molecular complexity index is 517. The highest BCUT2D eigenvalue weighted by molar-refractivity contribution is 5.85. The number of ether oxygens (including phenoxy) is 2. The molecule has 0 aliphatic heterocycles. The maximum absolute atomic E-state index is 5.37. The molecule has 4 heteroatoms. The number of hydrogen-bond acceptors (Lipinski definition) is 3. The van der Waals surface area contributed by atoms with Gasteiger partial charge in [-0.05, 0) is 11.6 Å². The minimum absolute atomic E-state index is 0. The molecule has 0 heterocycles. The Morgan fingerprint density at radius 1 is 0.900 bits per heavy atom. The lowest BCUT2D eigenvalue weighted by atomic mass is 10.1. The van der Waals surface area contributed by atoms with Gasteiger partial charge in [0.05, 0.1) is 14.2 Å². The van der Waals surface area contributed by atoms with Gasteiger partial charge in [-0.25, -0.2) is 0 Å². The molecule has 0 radical (unpaired) electrons. The summed E-state index contributed by atoms with van der Waals surface area (Å²) < 4.78 is 10.6. The topological polar surface area (TPSA) is 30.5 Å². The summed E-state index contributed by atoms with van der Waals surface area (Å²) in [7, 11) is 3.33. The molecule has 0 bridgehead atoms. The normalized spacial score (nSPS) is 9.70. The van der Waals surface area contributed by atoms with E-state index in [9.17, 15) is 0 Å². The Hall–Kier alpha value is -1.71. The molecule has 0 saturated heterocycles. The van der Waals surface area contributed by atoms with E-state index in [0.29, 0.717) is 0 Å². The molecule has 0 saturated carbocycles. The van der Waals surface area contributed by atoms with Gasteiger partial charge in [0.1, 0.15) is 11.5 Å². The fourth-order valence-electron chi connectivity index (χ4n) is 1.94. The van der Waals surface area contributed by atoms with Crippen LogP contribution >= 0.6 is 12.4 Å².